The summed E-state index contributed by atoms with van der Waals surface area (Å²) >= 11 is 1.51. The SMILES string of the molecule is Nc1ccc(-c2csc3c(C=CC(=O)O)cnc(N)c23)cc1. The molecule has 0 atom stereocenters. The fourth-order valence-electron chi connectivity index (χ4n) is 2.24. The monoisotopic (exact) mass is 311 g/mol. The summed E-state index contributed by atoms with van der Waals surface area (Å²) in [6, 6.07) is 7.51. The molecule has 0 saturated carbocycles. The molecular formula is C16H13N3O2S. The van der Waals surface area contributed by atoms with Crippen molar-refractivity contribution in [3.63, 3.8) is 0 Å². The van der Waals surface area contributed by atoms with Crippen LogP contribution in [0.5, 0.6) is 0 Å². The standard InChI is InChI=1S/C16H13N3O2S/c17-11-4-1-9(2-5-11)12-8-22-15-10(3-6-13(20)21)7-19-16(18)14(12)15/h1-8H,17H2,(H2,18,19)(H,20,21). The Kier molecular flexibility index (Phi) is 3.52. The second kappa shape index (κ2) is 5.50. The Morgan fingerprint density at radius 2 is 1.95 bits per heavy atom. The Hall–Kier alpha value is -2.86. The number of thiophene rings is 1. The van der Waals surface area contributed by atoms with E-state index in [4.69, 9.17) is 16.6 Å². The summed E-state index contributed by atoms with van der Waals surface area (Å²) in [5, 5.41) is 11.6. The first-order valence-electron chi connectivity index (χ1n) is 6.49. The summed E-state index contributed by atoms with van der Waals surface area (Å²) in [6.07, 6.45) is 4.20. The Balaban J connectivity index is 2.20. The van der Waals surface area contributed by atoms with E-state index in [0.29, 0.717) is 11.5 Å². The van der Waals surface area contributed by atoms with Crippen LogP contribution in [0.1, 0.15) is 5.56 Å². The second-order valence-corrected chi connectivity index (χ2v) is 5.63. The van der Waals surface area contributed by atoms with Gasteiger partial charge in [0.2, 0.25) is 0 Å². The molecule has 0 aliphatic rings. The van der Waals surface area contributed by atoms with Gasteiger partial charge in [0.1, 0.15) is 5.82 Å². The lowest BCUT2D eigenvalue weighted by molar-refractivity contribution is -0.131. The molecule has 110 valence electrons. The third-order valence-electron chi connectivity index (χ3n) is 3.28. The van der Waals surface area contributed by atoms with Gasteiger partial charge in [-0.3, -0.25) is 0 Å². The molecule has 1 aromatic carbocycles. The molecule has 5 nitrogen and oxygen atoms in total. The third kappa shape index (κ3) is 2.51. The first-order valence-corrected chi connectivity index (χ1v) is 7.37. The normalized spacial score (nSPS) is 11.3. The Morgan fingerprint density at radius 3 is 2.64 bits per heavy atom. The van der Waals surface area contributed by atoms with Gasteiger partial charge in [0.25, 0.3) is 0 Å². The molecule has 2 aromatic heterocycles. The van der Waals surface area contributed by atoms with Gasteiger partial charge in [-0.1, -0.05) is 12.1 Å². The molecule has 0 aliphatic carbocycles. The van der Waals surface area contributed by atoms with E-state index >= 15 is 0 Å². The summed E-state index contributed by atoms with van der Waals surface area (Å²) in [4.78, 5) is 14.9. The first kappa shape index (κ1) is 14.1. The van der Waals surface area contributed by atoms with Gasteiger partial charge in [-0.05, 0) is 29.2 Å². The smallest absolute Gasteiger partial charge is 0.328 e. The van der Waals surface area contributed by atoms with Gasteiger partial charge in [-0.2, -0.15) is 0 Å². The maximum atomic E-state index is 10.7. The van der Waals surface area contributed by atoms with E-state index < -0.39 is 5.97 Å². The maximum Gasteiger partial charge on any atom is 0.328 e. The van der Waals surface area contributed by atoms with Crippen molar-refractivity contribution in [1.29, 1.82) is 0 Å². The predicted molar refractivity (Wildman–Crippen MR) is 90.6 cm³/mol. The number of aromatic nitrogens is 1. The highest BCUT2D eigenvalue weighted by Crippen LogP contribution is 2.38. The molecule has 0 unspecified atom stereocenters. The van der Waals surface area contributed by atoms with Gasteiger partial charge in [-0.25, -0.2) is 9.78 Å². The molecule has 0 saturated heterocycles. The van der Waals surface area contributed by atoms with Crippen LogP contribution in [0.25, 0.3) is 27.3 Å². The van der Waals surface area contributed by atoms with Crippen molar-refractivity contribution >= 4 is 45.0 Å². The zero-order chi connectivity index (χ0) is 15.7. The fraction of sp³-hybridized carbons (Fsp3) is 0. The minimum Gasteiger partial charge on any atom is -0.478 e. The molecule has 5 N–H and O–H groups in total. The number of carbonyl (C=O) groups is 1. The van der Waals surface area contributed by atoms with Gasteiger partial charge >= 0.3 is 5.97 Å². The van der Waals surface area contributed by atoms with E-state index in [1.54, 1.807) is 6.20 Å². The lowest BCUT2D eigenvalue weighted by Crippen LogP contribution is -1.93. The molecule has 0 aliphatic heterocycles. The number of benzene rings is 1. The number of rotatable bonds is 3. The van der Waals surface area contributed by atoms with Gasteiger partial charge in [0, 0.05) is 39.2 Å². The Bertz CT molecular complexity index is 882. The van der Waals surface area contributed by atoms with Gasteiger partial charge in [-0.15, -0.1) is 11.3 Å². The topological polar surface area (TPSA) is 102 Å². The van der Waals surface area contributed by atoms with E-state index in [1.165, 1.54) is 17.4 Å². The number of nitrogens with two attached hydrogens (primary N) is 2. The van der Waals surface area contributed by atoms with Crippen molar-refractivity contribution in [2.24, 2.45) is 0 Å². The van der Waals surface area contributed by atoms with Crippen molar-refractivity contribution in [2.75, 3.05) is 11.5 Å². The predicted octanol–water partition coefficient (Wildman–Crippen LogP) is 3.23. The molecule has 0 spiro atoms. The number of hydrogen-bond donors (Lipinski definition) is 3. The molecule has 3 rings (SSSR count). The van der Waals surface area contributed by atoms with Crippen molar-refractivity contribution < 1.29 is 9.90 Å². The van der Waals surface area contributed by atoms with Crippen LogP contribution in [0, 0.1) is 0 Å². The molecular weight excluding hydrogens is 298 g/mol. The summed E-state index contributed by atoms with van der Waals surface area (Å²) in [6.45, 7) is 0. The van der Waals surface area contributed by atoms with E-state index in [-0.39, 0.29) is 0 Å². The lowest BCUT2D eigenvalue weighted by atomic mass is 10.0. The van der Waals surface area contributed by atoms with Crippen LogP contribution in [-0.4, -0.2) is 16.1 Å². The second-order valence-electron chi connectivity index (χ2n) is 4.75. The lowest BCUT2D eigenvalue weighted by Gasteiger charge is -2.04. The van der Waals surface area contributed by atoms with Crippen molar-refractivity contribution in [1.82, 2.24) is 4.98 Å². The summed E-state index contributed by atoms with van der Waals surface area (Å²) in [7, 11) is 0. The summed E-state index contributed by atoms with van der Waals surface area (Å²) < 4.78 is 0.914. The minimum absolute atomic E-state index is 0.426. The number of carboxylic acid groups (broad SMARTS) is 1. The number of fused-ring (bicyclic) bond motifs is 1. The number of nitrogen functional groups attached to an aromatic ring is 2. The van der Waals surface area contributed by atoms with E-state index in [9.17, 15) is 4.79 Å². The average molecular weight is 311 g/mol. The number of carboxylic acids is 1. The van der Waals surface area contributed by atoms with Gasteiger partial charge in [0.05, 0.1) is 0 Å². The van der Waals surface area contributed by atoms with Gasteiger partial charge in [0.15, 0.2) is 0 Å². The zero-order valence-corrected chi connectivity index (χ0v) is 12.3. The average Bonchev–Trinajstić information content (AvgIpc) is 2.93. The fourth-order valence-corrected chi connectivity index (χ4v) is 3.32. The summed E-state index contributed by atoms with van der Waals surface area (Å²) in [5.41, 5.74) is 15.1. The van der Waals surface area contributed by atoms with Gasteiger partial charge < -0.3 is 16.6 Å². The number of hydrogen-bond acceptors (Lipinski definition) is 5. The van der Waals surface area contributed by atoms with Crippen LogP contribution in [0.2, 0.25) is 0 Å². The minimum atomic E-state index is -1.000. The molecule has 0 amide bonds. The highest BCUT2D eigenvalue weighted by Gasteiger charge is 2.13. The molecule has 2 heterocycles. The first-order chi connectivity index (χ1) is 10.6. The van der Waals surface area contributed by atoms with Crippen LogP contribution in [0.15, 0.2) is 41.9 Å². The molecule has 0 fully saturated rings. The van der Waals surface area contributed by atoms with E-state index in [1.807, 2.05) is 29.6 Å². The molecule has 0 radical (unpaired) electrons. The molecule has 0 bridgehead atoms. The number of aliphatic carboxylic acids is 1. The molecule has 6 heteroatoms. The number of anilines is 2. The van der Waals surface area contributed by atoms with Crippen LogP contribution in [-0.2, 0) is 4.79 Å². The summed E-state index contributed by atoms with van der Waals surface area (Å²) in [5.74, 6) is -0.573. The van der Waals surface area contributed by atoms with Crippen LogP contribution >= 0.6 is 11.3 Å². The van der Waals surface area contributed by atoms with E-state index in [2.05, 4.69) is 4.98 Å². The quantitative estimate of drug-likeness (QED) is 0.509. The number of nitrogens with zero attached hydrogens (tertiary/aromatic N) is 1. The third-order valence-corrected chi connectivity index (χ3v) is 4.31. The highest BCUT2D eigenvalue weighted by atomic mass is 32.1. The zero-order valence-electron chi connectivity index (χ0n) is 11.5. The maximum absolute atomic E-state index is 10.7. The largest absolute Gasteiger partial charge is 0.478 e. The van der Waals surface area contributed by atoms with Crippen molar-refractivity contribution in [3.8, 4) is 11.1 Å². The highest BCUT2D eigenvalue weighted by molar-refractivity contribution is 7.18. The molecule has 22 heavy (non-hydrogen) atoms. The van der Waals surface area contributed by atoms with Crippen molar-refractivity contribution in [2.45, 2.75) is 0 Å². The van der Waals surface area contributed by atoms with Crippen LogP contribution < -0.4 is 11.5 Å². The molecule has 3 aromatic rings. The Labute approximate surface area is 130 Å². The van der Waals surface area contributed by atoms with Crippen LogP contribution in [0.4, 0.5) is 11.5 Å². The number of pyridine rings is 1. The van der Waals surface area contributed by atoms with Crippen molar-refractivity contribution in [3.05, 3.63) is 47.5 Å². The van der Waals surface area contributed by atoms with Crippen LogP contribution in [0.3, 0.4) is 0 Å². The Morgan fingerprint density at radius 1 is 1.23 bits per heavy atom. The van der Waals surface area contributed by atoms with E-state index in [0.717, 1.165) is 32.9 Å².